The highest BCUT2D eigenvalue weighted by Gasteiger charge is 2.21. The number of hydrogen-bond donors (Lipinski definition) is 3. The number of halogens is 2. The molecule has 2 aromatic heterocycles. The number of nitrogens with zero attached hydrogens (tertiary/aromatic N) is 5. The van der Waals surface area contributed by atoms with Gasteiger partial charge in [0.1, 0.15) is 12.0 Å². The molecule has 2 aromatic carbocycles. The molecule has 184 valence electrons. The Bertz CT molecular complexity index is 1440. The summed E-state index contributed by atoms with van der Waals surface area (Å²) in [7, 11) is 0. The predicted octanol–water partition coefficient (Wildman–Crippen LogP) is 3.38. The van der Waals surface area contributed by atoms with Crippen molar-refractivity contribution in [3.63, 3.8) is 0 Å². The first-order chi connectivity index (χ1) is 17.4. The van der Waals surface area contributed by atoms with E-state index < -0.39 is 11.6 Å². The normalized spacial score (nSPS) is 13.6. The Labute approximate surface area is 204 Å². The molecule has 0 saturated carbocycles. The smallest absolute Gasteiger partial charge is 0.247 e. The third-order valence-corrected chi connectivity index (χ3v) is 5.60. The zero-order chi connectivity index (χ0) is 25.2. The van der Waals surface area contributed by atoms with Gasteiger partial charge in [-0.25, -0.2) is 13.8 Å². The molecule has 4 aromatic rings. The number of aromatic nitrogens is 4. The van der Waals surface area contributed by atoms with Crippen LogP contribution < -0.4 is 21.3 Å². The summed E-state index contributed by atoms with van der Waals surface area (Å²) in [4.78, 5) is 26.2. The Morgan fingerprint density at radius 1 is 1.11 bits per heavy atom. The van der Waals surface area contributed by atoms with Crippen molar-refractivity contribution in [3.05, 3.63) is 67.0 Å². The first-order valence-electron chi connectivity index (χ1n) is 11.1. The standard InChI is InChI=1S/C24H22F2N8O2/c1-2-19(35)29-14-4-3-5-16(10-14)34-13-28-20-22(27)31-24(32-23(20)34)30-15-11-17(25)21(18(26)12-15)33-6-8-36-9-7-33/h2-5,10-13H,1,6-9H2,(H,29,35)(H3,27,30,31,32). The van der Waals surface area contributed by atoms with E-state index in [1.165, 1.54) is 24.5 Å². The monoisotopic (exact) mass is 492 g/mol. The van der Waals surface area contributed by atoms with Gasteiger partial charge in [-0.1, -0.05) is 12.6 Å². The quantitative estimate of drug-likeness (QED) is 0.350. The number of ether oxygens (including phenoxy) is 1. The third kappa shape index (κ3) is 4.53. The Hall–Kier alpha value is -4.58. The van der Waals surface area contributed by atoms with Crippen molar-refractivity contribution in [1.29, 1.82) is 0 Å². The van der Waals surface area contributed by atoms with Gasteiger partial charge in [-0.3, -0.25) is 9.36 Å². The van der Waals surface area contributed by atoms with Crippen molar-refractivity contribution in [2.75, 3.05) is 47.6 Å². The molecule has 0 bridgehead atoms. The van der Waals surface area contributed by atoms with Gasteiger partial charge in [-0.2, -0.15) is 9.97 Å². The molecule has 1 fully saturated rings. The van der Waals surface area contributed by atoms with E-state index >= 15 is 0 Å². The summed E-state index contributed by atoms with van der Waals surface area (Å²) in [5, 5.41) is 5.52. The minimum absolute atomic E-state index is 0.0378. The van der Waals surface area contributed by atoms with Gasteiger partial charge in [0, 0.05) is 24.5 Å². The predicted molar refractivity (Wildman–Crippen MR) is 133 cm³/mol. The molecule has 1 saturated heterocycles. The first kappa shape index (κ1) is 23.2. The van der Waals surface area contributed by atoms with Crippen LogP contribution in [0.3, 0.4) is 0 Å². The topological polar surface area (TPSA) is 123 Å². The van der Waals surface area contributed by atoms with Crippen molar-refractivity contribution >= 4 is 45.9 Å². The van der Waals surface area contributed by atoms with Crippen LogP contribution in [0.5, 0.6) is 0 Å². The maximum absolute atomic E-state index is 14.8. The molecule has 0 spiro atoms. The average Bonchev–Trinajstić information content (AvgIpc) is 3.29. The number of fused-ring (bicyclic) bond motifs is 1. The Morgan fingerprint density at radius 3 is 2.58 bits per heavy atom. The summed E-state index contributed by atoms with van der Waals surface area (Å²) in [6.07, 6.45) is 2.69. The third-order valence-electron chi connectivity index (χ3n) is 5.60. The van der Waals surface area contributed by atoms with Gasteiger partial charge < -0.3 is 26.0 Å². The van der Waals surface area contributed by atoms with Crippen LogP contribution >= 0.6 is 0 Å². The van der Waals surface area contributed by atoms with Crippen molar-refractivity contribution in [2.45, 2.75) is 0 Å². The van der Waals surface area contributed by atoms with E-state index in [9.17, 15) is 13.6 Å². The number of morpholine rings is 1. The second-order valence-electron chi connectivity index (χ2n) is 7.98. The minimum atomic E-state index is -0.711. The van der Waals surface area contributed by atoms with E-state index in [1.54, 1.807) is 33.7 Å². The number of anilines is 5. The van der Waals surface area contributed by atoms with Crippen molar-refractivity contribution in [2.24, 2.45) is 0 Å². The molecular formula is C24H22F2N8O2. The Balaban J connectivity index is 1.47. The lowest BCUT2D eigenvalue weighted by Gasteiger charge is -2.29. The lowest BCUT2D eigenvalue weighted by atomic mass is 10.2. The maximum Gasteiger partial charge on any atom is 0.247 e. The first-order valence-corrected chi connectivity index (χ1v) is 11.1. The largest absolute Gasteiger partial charge is 0.382 e. The van der Waals surface area contributed by atoms with E-state index in [0.717, 1.165) is 0 Å². The highest BCUT2D eigenvalue weighted by Crippen LogP contribution is 2.30. The summed E-state index contributed by atoms with van der Waals surface area (Å²) < 4.78 is 36.6. The van der Waals surface area contributed by atoms with Crippen LogP contribution in [0.2, 0.25) is 0 Å². The fourth-order valence-electron chi connectivity index (χ4n) is 3.95. The number of amides is 1. The number of rotatable bonds is 6. The van der Waals surface area contributed by atoms with Crippen LogP contribution in [-0.2, 0) is 9.53 Å². The Kier molecular flexibility index (Phi) is 6.17. The maximum atomic E-state index is 14.8. The van der Waals surface area contributed by atoms with Crippen LogP contribution in [-0.4, -0.2) is 51.7 Å². The van der Waals surface area contributed by atoms with E-state index in [2.05, 4.69) is 32.2 Å². The fraction of sp³-hybridized carbons (Fsp3) is 0.167. The molecule has 10 nitrogen and oxygen atoms in total. The second-order valence-corrected chi connectivity index (χ2v) is 7.98. The zero-order valence-corrected chi connectivity index (χ0v) is 19.0. The van der Waals surface area contributed by atoms with Crippen LogP contribution in [0.25, 0.3) is 16.9 Å². The number of nitrogens with two attached hydrogens (primary N) is 1. The van der Waals surface area contributed by atoms with Crippen LogP contribution in [0.1, 0.15) is 0 Å². The van der Waals surface area contributed by atoms with Gasteiger partial charge in [0.15, 0.2) is 28.6 Å². The summed E-state index contributed by atoms with van der Waals surface area (Å²) in [6, 6.07) is 9.37. The SMILES string of the molecule is C=CC(=O)Nc1cccc(-n2cnc3c(N)nc(Nc4cc(F)c(N5CCOCC5)c(F)c4)nc32)c1. The molecule has 1 aliphatic heterocycles. The minimum Gasteiger partial charge on any atom is -0.382 e. The lowest BCUT2D eigenvalue weighted by molar-refractivity contribution is -0.111. The molecule has 0 radical (unpaired) electrons. The number of carbonyl (C=O) groups excluding carboxylic acids is 1. The Morgan fingerprint density at radius 2 is 1.86 bits per heavy atom. The number of nitrogen functional groups attached to an aromatic ring is 1. The molecule has 4 N–H and O–H groups in total. The van der Waals surface area contributed by atoms with Gasteiger partial charge in [0.05, 0.1) is 18.9 Å². The molecule has 0 atom stereocenters. The number of nitrogens with one attached hydrogen (secondary N) is 2. The highest BCUT2D eigenvalue weighted by atomic mass is 19.1. The summed E-state index contributed by atoms with van der Waals surface area (Å²) in [5.41, 5.74) is 8.03. The van der Waals surface area contributed by atoms with E-state index in [-0.39, 0.29) is 29.0 Å². The zero-order valence-electron chi connectivity index (χ0n) is 19.0. The molecule has 36 heavy (non-hydrogen) atoms. The average molecular weight is 492 g/mol. The molecule has 1 amide bonds. The van der Waals surface area contributed by atoms with Crippen LogP contribution in [0.4, 0.5) is 37.6 Å². The molecule has 0 unspecified atom stereocenters. The molecule has 0 aliphatic carbocycles. The van der Waals surface area contributed by atoms with Crippen molar-refractivity contribution in [3.8, 4) is 5.69 Å². The number of imidazole rings is 1. The van der Waals surface area contributed by atoms with E-state index in [1.807, 2.05) is 0 Å². The molecule has 1 aliphatic rings. The van der Waals surface area contributed by atoms with Gasteiger partial charge in [-0.15, -0.1) is 0 Å². The van der Waals surface area contributed by atoms with Gasteiger partial charge in [-0.05, 0) is 36.4 Å². The van der Waals surface area contributed by atoms with E-state index in [4.69, 9.17) is 10.5 Å². The van der Waals surface area contributed by atoms with Gasteiger partial charge in [0.25, 0.3) is 0 Å². The van der Waals surface area contributed by atoms with Crippen LogP contribution in [0.15, 0.2) is 55.4 Å². The summed E-state index contributed by atoms with van der Waals surface area (Å²) in [6.45, 7) is 5.06. The van der Waals surface area contributed by atoms with Crippen LogP contribution in [0, 0.1) is 11.6 Å². The summed E-state index contributed by atoms with van der Waals surface area (Å²) in [5.74, 6) is -1.65. The lowest BCUT2D eigenvalue weighted by Crippen LogP contribution is -2.37. The van der Waals surface area contributed by atoms with Gasteiger partial charge in [0.2, 0.25) is 11.9 Å². The number of benzene rings is 2. The highest BCUT2D eigenvalue weighted by molar-refractivity contribution is 5.99. The molecule has 5 rings (SSSR count). The summed E-state index contributed by atoms with van der Waals surface area (Å²) >= 11 is 0. The van der Waals surface area contributed by atoms with Crippen molar-refractivity contribution in [1.82, 2.24) is 19.5 Å². The number of hydrogen-bond acceptors (Lipinski definition) is 8. The number of carbonyl (C=O) groups is 1. The molecular weight excluding hydrogens is 470 g/mol. The second kappa shape index (κ2) is 9.58. The van der Waals surface area contributed by atoms with Crippen molar-refractivity contribution < 1.29 is 18.3 Å². The van der Waals surface area contributed by atoms with Gasteiger partial charge >= 0.3 is 0 Å². The molecule has 3 heterocycles. The fourth-order valence-corrected chi connectivity index (χ4v) is 3.95. The molecule has 12 heteroatoms. The van der Waals surface area contributed by atoms with E-state index in [0.29, 0.717) is 48.8 Å².